The number of hydrogen-bond donors (Lipinski definition) is 2. The second kappa shape index (κ2) is 10.6. The van der Waals surface area contributed by atoms with Gasteiger partial charge in [0.05, 0.1) is 18.4 Å². The molecule has 1 aliphatic rings. The average Bonchev–Trinajstić information content (AvgIpc) is 2.75. The Morgan fingerprint density at radius 1 is 0.897 bits per heavy atom. The summed E-state index contributed by atoms with van der Waals surface area (Å²) in [7, 11) is 0. The van der Waals surface area contributed by atoms with Crippen LogP contribution >= 0.6 is 0 Å². The third-order valence-corrected chi connectivity index (χ3v) is 5.56. The Morgan fingerprint density at radius 2 is 1.55 bits per heavy atom. The molecular formula is C24H29NO4. The molecule has 0 bridgehead atoms. The van der Waals surface area contributed by atoms with Crippen molar-refractivity contribution in [1.29, 1.82) is 0 Å². The quantitative estimate of drug-likeness (QED) is 0.676. The zero-order chi connectivity index (χ0) is 20.5. The van der Waals surface area contributed by atoms with Crippen molar-refractivity contribution >= 4 is 11.9 Å². The molecule has 2 aromatic carbocycles. The van der Waals surface area contributed by atoms with E-state index in [1.165, 1.54) is 5.56 Å². The van der Waals surface area contributed by atoms with Crippen molar-refractivity contribution in [3.8, 4) is 5.75 Å². The minimum Gasteiger partial charge on any atom is -0.493 e. The Hall–Kier alpha value is -2.82. The fraction of sp³-hybridized carbons (Fsp3) is 0.417. The average molecular weight is 395 g/mol. The summed E-state index contributed by atoms with van der Waals surface area (Å²) in [4.78, 5) is 23.8. The van der Waals surface area contributed by atoms with Crippen LogP contribution in [-0.4, -0.2) is 30.1 Å². The molecule has 2 N–H and O–H groups in total. The standard InChI is InChI=1S/C24H29NO4/c26-23(21-8-4-5-9-22(21)24(27)28)25-16-14-19-10-12-20(13-11-19)29-17-15-18-6-2-1-3-7-18/h1-3,6-7,10-13,21-22H,4-5,8-9,14-17H2,(H,25,26)(H,27,28). The summed E-state index contributed by atoms with van der Waals surface area (Å²) in [5, 5.41) is 12.2. The third-order valence-electron chi connectivity index (χ3n) is 5.56. The largest absolute Gasteiger partial charge is 0.493 e. The highest BCUT2D eigenvalue weighted by Crippen LogP contribution is 2.30. The molecule has 2 atom stereocenters. The number of aliphatic carboxylic acids is 1. The van der Waals surface area contributed by atoms with Crippen molar-refractivity contribution in [3.63, 3.8) is 0 Å². The molecule has 1 saturated carbocycles. The van der Waals surface area contributed by atoms with Crippen molar-refractivity contribution in [2.24, 2.45) is 11.8 Å². The predicted octanol–water partition coefficient (Wildman–Crippen LogP) is 3.86. The summed E-state index contributed by atoms with van der Waals surface area (Å²) in [5.41, 5.74) is 2.36. The lowest BCUT2D eigenvalue weighted by Crippen LogP contribution is -2.40. The number of nitrogens with one attached hydrogen (secondary N) is 1. The van der Waals surface area contributed by atoms with Crippen molar-refractivity contribution in [2.75, 3.05) is 13.2 Å². The van der Waals surface area contributed by atoms with Gasteiger partial charge in [0.15, 0.2) is 0 Å². The summed E-state index contributed by atoms with van der Waals surface area (Å²) in [5.74, 6) is -1.09. The number of hydrogen-bond acceptors (Lipinski definition) is 3. The Bertz CT molecular complexity index is 788. The van der Waals surface area contributed by atoms with E-state index in [1.54, 1.807) is 0 Å². The van der Waals surface area contributed by atoms with Crippen LogP contribution in [0.25, 0.3) is 0 Å². The molecular weight excluding hydrogens is 366 g/mol. The van der Waals surface area contributed by atoms with E-state index in [0.29, 0.717) is 32.4 Å². The molecule has 154 valence electrons. The number of carboxylic acids is 1. The van der Waals surface area contributed by atoms with E-state index in [9.17, 15) is 14.7 Å². The second-order valence-corrected chi connectivity index (χ2v) is 7.60. The first-order chi connectivity index (χ1) is 14.1. The molecule has 0 spiro atoms. The van der Waals surface area contributed by atoms with E-state index < -0.39 is 17.8 Å². The lowest BCUT2D eigenvalue weighted by molar-refractivity contribution is -0.148. The first kappa shape index (κ1) is 20.9. The maximum atomic E-state index is 12.4. The van der Waals surface area contributed by atoms with Gasteiger partial charge in [0.2, 0.25) is 5.91 Å². The SMILES string of the molecule is O=C(O)C1CCCCC1C(=O)NCCc1ccc(OCCc2ccccc2)cc1. The zero-order valence-electron chi connectivity index (χ0n) is 16.7. The minimum absolute atomic E-state index is 0.127. The number of ether oxygens (including phenoxy) is 1. The van der Waals surface area contributed by atoms with Crippen molar-refractivity contribution in [2.45, 2.75) is 38.5 Å². The molecule has 1 aliphatic carbocycles. The predicted molar refractivity (Wildman–Crippen MR) is 112 cm³/mol. The van der Waals surface area contributed by atoms with Crippen LogP contribution in [0.15, 0.2) is 54.6 Å². The summed E-state index contributed by atoms with van der Waals surface area (Å²) < 4.78 is 5.80. The van der Waals surface area contributed by atoms with Crippen LogP contribution in [-0.2, 0) is 22.4 Å². The van der Waals surface area contributed by atoms with Crippen molar-refractivity contribution in [1.82, 2.24) is 5.32 Å². The maximum absolute atomic E-state index is 12.4. The van der Waals surface area contributed by atoms with Gasteiger partial charge in [-0.05, 0) is 42.5 Å². The molecule has 0 aliphatic heterocycles. The van der Waals surface area contributed by atoms with Gasteiger partial charge in [-0.25, -0.2) is 0 Å². The van der Waals surface area contributed by atoms with Gasteiger partial charge in [-0.3, -0.25) is 9.59 Å². The highest BCUT2D eigenvalue weighted by atomic mass is 16.5. The molecule has 2 aromatic rings. The molecule has 1 amide bonds. The molecule has 5 heteroatoms. The first-order valence-electron chi connectivity index (χ1n) is 10.4. The fourth-order valence-corrected chi connectivity index (χ4v) is 3.89. The van der Waals surface area contributed by atoms with Gasteiger partial charge in [-0.15, -0.1) is 0 Å². The molecule has 5 nitrogen and oxygen atoms in total. The number of carbonyl (C=O) groups is 2. The monoisotopic (exact) mass is 395 g/mol. The van der Waals surface area contributed by atoms with Crippen LogP contribution in [0.1, 0.15) is 36.8 Å². The van der Waals surface area contributed by atoms with E-state index in [4.69, 9.17) is 4.74 Å². The molecule has 0 heterocycles. The second-order valence-electron chi connectivity index (χ2n) is 7.60. The highest BCUT2D eigenvalue weighted by Gasteiger charge is 2.35. The van der Waals surface area contributed by atoms with Crippen molar-refractivity contribution < 1.29 is 19.4 Å². The molecule has 1 fully saturated rings. The van der Waals surface area contributed by atoms with Crippen molar-refractivity contribution in [3.05, 3.63) is 65.7 Å². The van der Waals surface area contributed by atoms with E-state index >= 15 is 0 Å². The summed E-state index contributed by atoms with van der Waals surface area (Å²) in [6.07, 6.45) is 4.65. The lowest BCUT2D eigenvalue weighted by Gasteiger charge is -2.27. The fourth-order valence-electron chi connectivity index (χ4n) is 3.89. The van der Waals surface area contributed by atoms with Crippen LogP contribution in [0, 0.1) is 11.8 Å². The van der Waals surface area contributed by atoms with E-state index in [0.717, 1.165) is 30.6 Å². The normalized spacial score (nSPS) is 18.8. The number of carboxylic acid groups (broad SMARTS) is 1. The molecule has 0 aromatic heterocycles. The van der Waals surface area contributed by atoms with Crippen LogP contribution < -0.4 is 10.1 Å². The van der Waals surface area contributed by atoms with Gasteiger partial charge in [0.1, 0.15) is 5.75 Å². The van der Waals surface area contributed by atoms with Gasteiger partial charge in [0.25, 0.3) is 0 Å². The van der Waals surface area contributed by atoms with E-state index in [-0.39, 0.29) is 5.91 Å². The molecule has 2 unspecified atom stereocenters. The van der Waals surface area contributed by atoms with Gasteiger partial charge in [-0.1, -0.05) is 55.3 Å². The Balaban J connectivity index is 1.39. The summed E-state index contributed by atoms with van der Waals surface area (Å²) in [6, 6.07) is 18.1. The highest BCUT2D eigenvalue weighted by molar-refractivity contribution is 5.84. The summed E-state index contributed by atoms with van der Waals surface area (Å²) >= 11 is 0. The smallest absolute Gasteiger partial charge is 0.307 e. The van der Waals surface area contributed by atoms with E-state index in [2.05, 4.69) is 17.4 Å². The van der Waals surface area contributed by atoms with Gasteiger partial charge in [-0.2, -0.15) is 0 Å². The molecule has 3 rings (SSSR count). The number of amides is 1. The topological polar surface area (TPSA) is 75.6 Å². The van der Waals surface area contributed by atoms with Crippen LogP contribution in [0.5, 0.6) is 5.75 Å². The van der Waals surface area contributed by atoms with Gasteiger partial charge < -0.3 is 15.2 Å². The Morgan fingerprint density at radius 3 is 2.24 bits per heavy atom. The molecule has 29 heavy (non-hydrogen) atoms. The Labute approximate surface area is 172 Å². The number of benzene rings is 2. The molecule has 0 radical (unpaired) electrons. The molecule has 0 saturated heterocycles. The third kappa shape index (κ3) is 6.34. The van der Waals surface area contributed by atoms with E-state index in [1.807, 2.05) is 42.5 Å². The van der Waals surface area contributed by atoms with Crippen LogP contribution in [0.4, 0.5) is 0 Å². The Kier molecular flexibility index (Phi) is 7.68. The summed E-state index contributed by atoms with van der Waals surface area (Å²) in [6.45, 7) is 1.14. The maximum Gasteiger partial charge on any atom is 0.307 e. The van der Waals surface area contributed by atoms with Crippen LogP contribution in [0.2, 0.25) is 0 Å². The van der Waals surface area contributed by atoms with Gasteiger partial charge >= 0.3 is 5.97 Å². The zero-order valence-corrected chi connectivity index (χ0v) is 16.7. The number of rotatable bonds is 9. The number of carbonyl (C=O) groups excluding carboxylic acids is 1. The first-order valence-corrected chi connectivity index (χ1v) is 10.4. The minimum atomic E-state index is -0.854. The lowest BCUT2D eigenvalue weighted by atomic mass is 9.78. The van der Waals surface area contributed by atoms with Crippen LogP contribution in [0.3, 0.4) is 0 Å². The van der Waals surface area contributed by atoms with Gasteiger partial charge in [0, 0.05) is 13.0 Å².